The Morgan fingerprint density at radius 1 is 1.31 bits per heavy atom. The molecule has 0 radical (unpaired) electrons. The predicted octanol–water partition coefficient (Wildman–Crippen LogP) is 1.22. The number of nitrogens with one attached hydrogen (secondary N) is 1. The lowest BCUT2D eigenvalue weighted by atomic mass is 10.3. The second kappa shape index (κ2) is 8.72. The summed E-state index contributed by atoms with van der Waals surface area (Å²) in [5.74, 6) is 0. The second-order valence-corrected chi connectivity index (χ2v) is 5.27. The van der Waals surface area contributed by atoms with E-state index >= 15 is 0 Å². The van der Waals surface area contributed by atoms with Gasteiger partial charge in [-0.25, -0.2) is 0 Å². The van der Waals surface area contributed by atoms with Gasteiger partial charge in [0.25, 0.3) is 0 Å². The van der Waals surface area contributed by atoms with E-state index in [0.29, 0.717) is 0 Å². The van der Waals surface area contributed by atoms with E-state index in [4.69, 9.17) is 0 Å². The fourth-order valence-electron chi connectivity index (χ4n) is 1.43. The zero-order valence-electron chi connectivity index (χ0n) is 9.77. The Bertz CT molecular complexity index is 107. The lowest BCUT2D eigenvalue weighted by Gasteiger charge is -2.24. The van der Waals surface area contributed by atoms with Crippen LogP contribution in [0.1, 0.15) is 33.6 Å². The quantitative estimate of drug-likeness (QED) is 0.470. The molecule has 2 nitrogen and oxygen atoms in total. The van der Waals surface area contributed by atoms with Crippen molar-refractivity contribution >= 4 is 9.68 Å². The zero-order valence-corrected chi connectivity index (χ0v) is 11.2. The molecule has 0 aliphatic rings. The van der Waals surface area contributed by atoms with E-state index in [0.717, 1.165) is 6.04 Å². The molecule has 0 rings (SSSR count). The van der Waals surface area contributed by atoms with Crippen molar-refractivity contribution in [3.05, 3.63) is 0 Å². The molecule has 0 aromatic rings. The molecule has 0 aliphatic carbocycles. The Labute approximate surface area is 86.0 Å². The maximum Gasteiger partial charge on any atom is 0.0923 e. The van der Waals surface area contributed by atoms with Gasteiger partial charge in [0.15, 0.2) is 0 Å². The van der Waals surface area contributed by atoms with E-state index in [9.17, 15) is 0 Å². The van der Waals surface area contributed by atoms with E-state index in [1.54, 1.807) is 0 Å². The van der Waals surface area contributed by atoms with E-state index in [1.807, 2.05) is 0 Å². The van der Waals surface area contributed by atoms with Gasteiger partial charge in [0, 0.05) is 13.1 Å². The summed E-state index contributed by atoms with van der Waals surface area (Å²) < 4.78 is 2.62. The maximum absolute atomic E-state index is 3.49. The summed E-state index contributed by atoms with van der Waals surface area (Å²) in [4.78, 5) is 0. The number of nitrogens with zero attached hydrogens (tertiary/aromatic N) is 1. The lowest BCUT2D eigenvalue weighted by molar-refractivity contribution is 0.367. The molecule has 0 saturated heterocycles. The number of unbranched alkanes of at least 4 members (excludes halogenated alkanes) is 1. The van der Waals surface area contributed by atoms with Gasteiger partial charge in [0.2, 0.25) is 0 Å². The second-order valence-electron chi connectivity index (χ2n) is 3.83. The Kier molecular flexibility index (Phi) is 8.81. The molecule has 0 fully saturated rings. The third kappa shape index (κ3) is 7.23. The van der Waals surface area contributed by atoms with Crippen LogP contribution in [0.5, 0.6) is 0 Å². The molecule has 0 aliphatic heterocycles. The van der Waals surface area contributed by atoms with E-state index in [2.05, 4.69) is 37.2 Å². The van der Waals surface area contributed by atoms with Crippen molar-refractivity contribution < 1.29 is 0 Å². The third-order valence-corrected chi connectivity index (χ3v) is 4.28. The van der Waals surface area contributed by atoms with Crippen LogP contribution >= 0.6 is 0 Å². The van der Waals surface area contributed by atoms with Gasteiger partial charge in [-0.3, -0.25) is 0 Å². The summed E-state index contributed by atoms with van der Waals surface area (Å²) >= 11 is 0. The largest absolute Gasteiger partial charge is 0.326 e. The van der Waals surface area contributed by atoms with Gasteiger partial charge in [-0.2, -0.15) is 0 Å². The summed E-state index contributed by atoms with van der Waals surface area (Å²) in [6, 6.07) is 0.740. The monoisotopic (exact) mass is 202 g/mol. The normalized spacial score (nSPS) is 12.5. The van der Waals surface area contributed by atoms with E-state index in [-0.39, 0.29) is 9.68 Å². The standard InChI is InChI=1S/C10H26N2Si/c1-5-6-7-11-8-9-12(13-4)10(2)3/h10-11H,5-9,13H2,1-4H3. The van der Waals surface area contributed by atoms with Crippen LogP contribution in [-0.4, -0.2) is 39.9 Å². The van der Waals surface area contributed by atoms with Crippen LogP contribution in [-0.2, 0) is 0 Å². The molecule has 0 bridgehead atoms. The maximum atomic E-state index is 3.49. The molecule has 3 heteroatoms. The average Bonchev–Trinajstić information content (AvgIpc) is 2.10. The number of rotatable bonds is 8. The Hall–Kier alpha value is 0.137. The van der Waals surface area contributed by atoms with E-state index < -0.39 is 0 Å². The minimum Gasteiger partial charge on any atom is -0.326 e. The average molecular weight is 202 g/mol. The summed E-state index contributed by atoms with van der Waals surface area (Å²) in [7, 11) is 0.0344. The lowest BCUT2D eigenvalue weighted by Crippen LogP contribution is -2.38. The number of hydrogen-bond donors (Lipinski definition) is 1. The van der Waals surface area contributed by atoms with Crippen molar-refractivity contribution in [2.75, 3.05) is 19.6 Å². The molecule has 0 saturated carbocycles. The van der Waals surface area contributed by atoms with Crippen molar-refractivity contribution in [1.82, 2.24) is 9.88 Å². The minimum absolute atomic E-state index is 0.0344. The molecule has 0 atom stereocenters. The number of hydrogen-bond acceptors (Lipinski definition) is 2. The van der Waals surface area contributed by atoms with Crippen molar-refractivity contribution in [1.29, 1.82) is 0 Å². The highest BCUT2D eigenvalue weighted by atomic mass is 28.2. The van der Waals surface area contributed by atoms with Crippen molar-refractivity contribution in [3.63, 3.8) is 0 Å². The summed E-state index contributed by atoms with van der Waals surface area (Å²) in [5.41, 5.74) is 0. The Balaban J connectivity index is 3.28. The van der Waals surface area contributed by atoms with Crippen molar-refractivity contribution in [2.24, 2.45) is 0 Å². The Morgan fingerprint density at radius 2 is 2.00 bits per heavy atom. The molecule has 1 N–H and O–H groups in total. The first-order valence-corrected chi connectivity index (χ1v) is 7.71. The van der Waals surface area contributed by atoms with Gasteiger partial charge >= 0.3 is 0 Å². The van der Waals surface area contributed by atoms with Gasteiger partial charge in [0.1, 0.15) is 0 Å². The highest BCUT2D eigenvalue weighted by molar-refractivity contribution is 6.29. The van der Waals surface area contributed by atoms with Gasteiger partial charge in [0.05, 0.1) is 9.68 Å². The highest BCUT2D eigenvalue weighted by Crippen LogP contribution is 1.93. The zero-order chi connectivity index (χ0) is 10.1. The van der Waals surface area contributed by atoms with Crippen LogP contribution in [0.15, 0.2) is 0 Å². The van der Waals surface area contributed by atoms with Crippen molar-refractivity contribution in [3.8, 4) is 0 Å². The van der Waals surface area contributed by atoms with Crippen LogP contribution in [0.4, 0.5) is 0 Å². The molecular formula is C10H26N2Si. The molecule has 0 aromatic heterocycles. The highest BCUT2D eigenvalue weighted by Gasteiger charge is 2.04. The molecule has 0 heterocycles. The SMILES string of the molecule is CCCCNCCN([SiH2]C)C(C)C. The molecule has 0 aromatic carbocycles. The van der Waals surface area contributed by atoms with Gasteiger partial charge in [-0.1, -0.05) is 33.7 Å². The fraction of sp³-hybridized carbons (Fsp3) is 1.00. The third-order valence-electron chi connectivity index (χ3n) is 2.42. The van der Waals surface area contributed by atoms with Crippen LogP contribution in [0.2, 0.25) is 6.55 Å². The topological polar surface area (TPSA) is 15.3 Å². The summed E-state index contributed by atoms with van der Waals surface area (Å²) in [5, 5.41) is 3.49. The first-order chi connectivity index (χ1) is 6.22. The molecule has 0 unspecified atom stereocenters. The van der Waals surface area contributed by atoms with Crippen LogP contribution in [0, 0.1) is 0 Å². The van der Waals surface area contributed by atoms with Crippen LogP contribution < -0.4 is 5.32 Å². The first-order valence-electron chi connectivity index (χ1n) is 5.67. The smallest absolute Gasteiger partial charge is 0.0923 e. The summed E-state index contributed by atoms with van der Waals surface area (Å²) in [6.07, 6.45) is 2.61. The van der Waals surface area contributed by atoms with Crippen LogP contribution in [0.3, 0.4) is 0 Å². The minimum atomic E-state index is 0.0344. The van der Waals surface area contributed by atoms with Gasteiger partial charge in [-0.05, 0) is 19.0 Å². The fourth-order valence-corrected chi connectivity index (χ4v) is 2.64. The van der Waals surface area contributed by atoms with E-state index in [1.165, 1.54) is 32.5 Å². The molecular weight excluding hydrogens is 176 g/mol. The first kappa shape index (κ1) is 13.1. The summed E-state index contributed by atoms with van der Waals surface area (Å²) in [6.45, 7) is 12.8. The molecule has 13 heavy (non-hydrogen) atoms. The van der Waals surface area contributed by atoms with Crippen LogP contribution in [0.25, 0.3) is 0 Å². The molecule has 0 amide bonds. The molecule has 0 spiro atoms. The van der Waals surface area contributed by atoms with Crippen molar-refractivity contribution in [2.45, 2.75) is 46.2 Å². The Morgan fingerprint density at radius 3 is 2.46 bits per heavy atom. The molecule has 80 valence electrons. The van der Waals surface area contributed by atoms with Gasteiger partial charge in [-0.15, -0.1) is 0 Å². The predicted molar refractivity (Wildman–Crippen MR) is 64.0 cm³/mol. The van der Waals surface area contributed by atoms with Gasteiger partial charge < -0.3 is 9.88 Å².